The molecule has 1 aliphatic rings. The molecule has 0 radical (unpaired) electrons. The Hall–Kier alpha value is -3.67. The first-order valence-electron chi connectivity index (χ1n) is 21.0. The Morgan fingerprint density at radius 2 is 1.58 bits per heavy atom. The number of aromatic nitrogens is 3. The summed E-state index contributed by atoms with van der Waals surface area (Å²) in [5, 5.41) is 45.6. The van der Waals surface area contributed by atoms with Gasteiger partial charge in [0.05, 0.1) is 44.8 Å². The quantitative estimate of drug-likeness (QED) is 0.0389. The molecule has 0 spiro atoms. The number of nitrogens with two attached hydrogens (primary N) is 1. The highest BCUT2D eigenvalue weighted by atomic mass is 31.2. The van der Waals surface area contributed by atoms with Crippen LogP contribution in [0.15, 0.2) is 36.7 Å². The van der Waals surface area contributed by atoms with Gasteiger partial charge in [0.25, 0.3) is 0 Å². The van der Waals surface area contributed by atoms with E-state index in [1.165, 1.54) is 114 Å². The van der Waals surface area contributed by atoms with Crippen molar-refractivity contribution in [3.8, 4) is 17.9 Å². The monoisotopic (exact) mass is 842 g/mol. The lowest BCUT2D eigenvalue weighted by molar-refractivity contribution is -0.0690. The lowest BCUT2D eigenvalue weighted by Crippen LogP contribution is -2.41. The highest BCUT2D eigenvalue weighted by Crippen LogP contribution is 2.46. The standard InChI is InChI=1S/C42H63N6O10P/c1-3-4-5-6-7-8-9-10-11-12-13-14-15-16-17-18-23-54-27-34(55-26-32-19-21-36(53-2)33(24-32)25-43)28-56-59(51,52)57-29-37-39(49)40(50)42(30-44,58-37)38-22-20-35-41(45)46-31-47-48(35)38/h19-22,24,31,34,37,39-40,49-50H,3-18,23,26-29H2,1-2H3,(H,51,52)(H2,45,46,47)/t34-,37-,39-,40-,42+/m1/s1. The van der Waals surface area contributed by atoms with Crippen molar-refractivity contribution in [2.24, 2.45) is 0 Å². The summed E-state index contributed by atoms with van der Waals surface area (Å²) < 4.78 is 47.8. The predicted molar refractivity (Wildman–Crippen MR) is 220 cm³/mol. The minimum absolute atomic E-state index is 0.0485. The number of anilines is 1. The third-order valence-corrected chi connectivity index (χ3v) is 11.6. The molecule has 0 bridgehead atoms. The number of benzene rings is 1. The van der Waals surface area contributed by atoms with E-state index in [-0.39, 0.29) is 24.7 Å². The number of fused-ring (bicyclic) bond motifs is 1. The Morgan fingerprint density at radius 1 is 0.932 bits per heavy atom. The van der Waals surface area contributed by atoms with Gasteiger partial charge in [-0.25, -0.2) is 14.1 Å². The summed E-state index contributed by atoms with van der Waals surface area (Å²) in [5.74, 6) is 0.544. The van der Waals surface area contributed by atoms with Gasteiger partial charge in [0.2, 0.25) is 5.60 Å². The van der Waals surface area contributed by atoms with Crippen molar-refractivity contribution in [1.29, 1.82) is 10.5 Å². The van der Waals surface area contributed by atoms with E-state index < -0.39 is 51.1 Å². The fourth-order valence-electron chi connectivity index (χ4n) is 7.19. The van der Waals surface area contributed by atoms with E-state index in [0.717, 1.165) is 19.3 Å². The molecule has 17 heteroatoms. The summed E-state index contributed by atoms with van der Waals surface area (Å²) in [7, 11) is -3.32. The van der Waals surface area contributed by atoms with Crippen molar-refractivity contribution in [1.82, 2.24) is 14.6 Å². The van der Waals surface area contributed by atoms with Crippen molar-refractivity contribution in [2.45, 2.75) is 146 Å². The van der Waals surface area contributed by atoms with Gasteiger partial charge in [0.15, 0.2) is 5.82 Å². The van der Waals surface area contributed by atoms with E-state index >= 15 is 0 Å². The highest BCUT2D eigenvalue weighted by Gasteiger charge is 2.58. The summed E-state index contributed by atoms with van der Waals surface area (Å²) in [6.45, 7) is 1.73. The normalized spacial score (nSPS) is 20.6. The summed E-state index contributed by atoms with van der Waals surface area (Å²) in [6.07, 6.45) is 15.8. The zero-order chi connectivity index (χ0) is 42.5. The van der Waals surface area contributed by atoms with Crippen molar-refractivity contribution in [3.05, 3.63) is 53.5 Å². The number of hydrogen-bond donors (Lipinski definition) is 4. The minimum atomic E-state index is -4.79. The van der Waals surface area contributed by atoms with Crippen LogP contribution in [0.5, 0.6) is 5.75 Å². The van der Waals surface area contributed by atoms with E-state index in [4.69, 9.17) is 33.7 Å². The van der Waals surface area contributed by atoms with E-state index in [0.29, 0.717) is 29.0 Å². The van der Waals surface area contributed by atoms with E-state index in [1.54, 1.807) is 18.2 Å². The van der Waals surface area contributed by atoms with E-state index in [2.05, 4.69) is 23.1 Å². The van der Waals surface area contributed by atoms with Crippen LogP contribution < -0.4 is 10.5 Å². The molecule has 1 saturated heterocycles. The molecular formula is C42H63N6O10P. The topological polar surface area (TPSA) is 237 Å². The van der Waals surface area contributed by atoms with Crippen LogP contribution in [0.1, 0.15) is 126 Å². The number of rotatable bonds is 30. The summed E-state index contributed by atoms with van der Waals surface area (Å²) in [6, 6.07) is 12.0. The van der Waals surface area contributed by atoms with Gasteiger partial charge in [-0.2, -0.15) is 15.6 Å². The van der Waals surface area contributed by atoms with Gasteiger partial charge >= 0.3 is 7.82 Å². The van der Waals surface area contributed by atoms with Crippen molar-refractivity contribution >= 4 is 19.2 Å². The Kier molecular flexibility index (Phi) is 20.5. The number of unbranched alkanes of at least 4 members (excludes halogenated alkanes) is 15. The Balaban J connectivity index is 1.21. The zero-order valence-corrected chi connectivity index (χ0v) is 35.5. The van der Waals surface area contributed by atoms with Gasteiger partial charge in [-0.05, 0) is 36.2 Å². The van der Waals surface area contributed by atoms with Gasteiger partial charge < -0.3 is 39.8 Å². The molecule has 326 valence electrons. The first kappa shape index (κ1) is 48.0. The number of nitriles is 2. The molecule has 1 unspecified atom stereocenters. The predicted octanol–water partition coefficient (Wildman–Crippen LogP) is 7.03. The Bertz CT molecular complexity index is 1840. The molecule has 16 nitrogen and oxygen atoms in total. The van der Waals surface area contributed by atoms with Crippen LogP contribution in [-0.2, 0) is 40.0 Å². The number of phosphoric ester groups is 1. The molecule has 0 amide bonds. The van der Waals surface area contributed by atoms with Crippen LogP contribution in [0, 0.1) is 22.7 Å². The second-order valence-electron chi connectivity index (χ2n) is 15.1. The van der Waals surface area contributed by atoms with Crippen LogP contribution >= 0.6 is 7.82 Å². The number of ether oxygens (including phenoxy) is 4. The lowest BCUT2D eigenvalue weighted by atomic mass is 9.92. The van der Waals surface area contributed by atoms with E-state index in [9.17, 15) is 30.2 Å². The molecule has 0 aliphatic carbocycles. The maximum Gasteiger partial charge on any atom is 0.472 e. The second-order valence-corrected chi connectivity index (χ2v) is 16.6. The van der Waals surface area contributed by atoms with Gasteiger partial charge in [0.1, 0.15) is 54.1 Å². The van der Waals surface area contributed by atoms with Crippen LogP contribution in [0.25, 0.3) is 5.52 Å². The molecular weight excluding hydrogens is 779 g/mol. The van der Waals surface area contributed by atoms with Crippen molar-refractivity contribution in [3.63, 3.8) is 0 Å². The number of hydrogen-bond acceptors (Lipinski definition) is 14. The van der Waals surface area contributed by atoms with Gasteiger partial charge in [0, 0.05) is 6.61 Å². The molecule has 59 heavy (non-hydrogen) atoms. The van der Waals surface area contributed by atoms with Crippen LogP contribution in [0.2, 0.25) is 0 Å². The number of methoxy groups -OCH3 is 1. The van der Waals surface area contributed by atoms with E-state index in [1.807, 2.05) is 6.07 Å². The fourth-order valence-corrected chi connectivity index (χ4v) is 7.95. The molecule has 1 aliphatic heterocycles. The molecule has 3 heterocycles. The molecule has 5 N–H and O–H groups in total. The zero-order valence-electron chi connectivity index (χ0n) is 34.6. The SMILES string of the molecule is CCCCCCCCCCCCCCCCCCOC[C@H](COP(=O)(O)OC[C@H]1O[C@@](C#N)(c2ccc3c(N)ncnn23)[C@H](O)[C@@H]1O)OCc1ccc(OC)c(C#N)c1. The average molecular weight is 843 g/mol. The summed E-state index contributed by atoms with van der Waals surface area (Å²) in [5.41, 5.74) is 5.22. The summed E-state index contributed by atoms with van der Waals surface area (Å²) >= 11 is 0. The number of phosphoric acid groups is 1. The van der Waals surface area contributed by atoms with Crippen LogP contribution in [0.3, 0.4) is 0 Å². The van der Waals surface area contributed by atoms with Gasteiger partial charge in [-0.15, -0.1) is 0 Å². The average Bonchev–Trinajstić information content (AvgIpc) is 3.79. The Morgan fingerprint density at radius 3 is 2.19 bits per heavy atom. The molecule has 6 atom stereocenters. The van der Waals surface area contributed by atoms with Gasteiger partial charge in [-0.1, -0.05) is 109 Å². The largest absolute Gasteiger partial charge is 0.495 e. The first-order valence-corrected chi connectivity index (χ1v) is 22.5. The molecule has 1 fully saturated rings. The fraction of sp³-hybridized carbons (Fsp3) is 0.667. The molecule has 0 saturated carbocycles. The van der Waals surface area contributed by atoms with Crippen LogP contribution in [0.4, 0.5) is 5.82 Å². The molecule has 3 aromatic rings. The van der Waals surface area contributed by atoms with Crippen molar-refractivity contribution < 1.29 is 47.7 Å². The smallest absolute Gasteiger partial charge is 0.472 e. The number of aliphatic hydroxyl groups is 2. The number of nitrogens with zero attached hydrogens (tertiary/aromatic N) is 5. The maximum atomic E-state index is 13.1. The number of nitrogen functional groups attached to an aromatic ring is 1. The number of aliphatic hydroxyl groups excluding tert-OH is 2. The Labute approximate surface area is 348 Å². The third kappa shape index (κ3) is 14.5. The first-order chi connectivity index (χ1) is 28.6. The maximum absolute atomic E-state index is 13.1. The second kappa shape index (κ2) is 25.2. The molecule has 2 aromatic heterocycles. The highest BCUT2D eigenvalue weighted by molar-refractivity contribution is 7.47. The lowest BCUT2D eigenvalue weighted by Gasteiger charge is -2.24. The minimum Gasteiger partial charge on any atom is -0.495 e. The summed E-state index contributed by atoms with van der Waals surface area (Å²) in [4.78, 5) is 14.5. The third-order valence-electron chi connectivity index (χ3n) is 10.6. The van der Waals surface area contributed by atoms with Crippen molar-refractivity contribution in [2.75, 3.05) is 39.3 Å². The van der Waals surface area contributed by atoms with Crippen LogP contribution in [-0.4, -0.2) is 87.7 Å². The molecule has 4 rings (SSSR count). The molecule has 1 aromatic carbocycles. The van der Waals surface area contributed by atoms with Gasteiger partial charge in [-0.3, -0.25) is 9.05 Å².